The lowest BCUT2D eigenvalue weighted by molar-refractivity contribution is 0.0648. The molecule has 1 saturated carbocycles. The van der Waals surface area contributed by atoms with Gasteiger partial charge in [-0.1, -0.05) is 36.4 Å². The van der Waals surface area contributed by atoms with Crippen LogP contribution in [0.15, 0.2) is 54.7 Å². The minimum atomic E-state index is 0.0267. The molecule has 2 aromatic rings. The number of hydrogen-bond acceptors (Lipinski definition) is 2. The van der Waals surface area contributed by atoms with Gasteiger partial charge in [0.2, 0.25) is 0 Å². The quantitative estimate of drug-likeness (QED) is 0.839. The SMILES string of the molecule is CC(C1CC1)N(Cc1ccccc1)C(=O)c1ccccn1. The molecule has 3 nitrogen and oxygen atoms in total. The zero-order valence-corrected chi connectivity index (χ0v) is 12.3. The minimum absolute atomic E-state index is 0.0267. The van der Waals surface area contributed by atoms with Crippen LogP contribution in [0.5, 0.6) is 0 Å². The molecule has 0 radical (unpaired) electrons. The van der Waals surface area contributed by atoms with Gasteiger partial charge in [-0.2, -0.15) is 0 Å². The molecule has 1 atom stereocenters. The number of hydrogen-bond donors (Lipinski definition) is 0. The second kappa shape index (κ2) is 6.08. The van der Waals surface area contributed by atoms with E-state index in [4.69, 9.17) is 0 Å². The third-order valence-corrected chi connectivity index (χ3v) is 4.14. The molecule has 1 aromatic heterocycles. The Kier molecular flexibility index (Phi) is 4.00. The van der Waals surface area contributed by atoms with Crippen molar-refractivity contribution in [3.63, 3.8) is 0 Å². The summed E-state index contributed by atoms with van der Waals surface area (Å²) in [6.07, 6.45) is 4.12. The molecule has 0 bridgehead atoms. The monoisotopic (exact) mass is 280 g/mol. The molecule has 108 valence electrons. The summed E-state index contributed by atoms with van der Waals surface area (Å²) in [7, 11) is 0. The van der Waals surface area contributed by atoms with Crippen LogP contribution in [0.4, 0.5) is 0 Å². The highest BCUT2D eigenvalue weighted by Crippen LogP contribution is 2.36. The van der Waals surface area contributed by atoms with Gasteiger partial charge >= 0.3 is 0 Å². The number of benzene rings is 1. The second-order valence-corrected chi connectivity index (χ2v) is 5.71. The molecule has 3 heteroatoms. The van der Waals surface area contributed by atoms with Crippen molar-refractivity contribution in [1.82, 2.24) is 9.88 Å². The average molecular weight is 280 g/mol. The van der Waals surface area contributed by atoms with Crippen molar-refractivity contribution < 1.29 is 4.79 Å². The minimum Gasteiger partial charge on any atom is -0.330 e. The van der Waals surface area contributed by atoms with E-state index in [1.807, 2.05) is 35.2 Å². The fourth-order valence-electron chi connectivity index (χ4n) is 2.65. The van der Waals surface area contributed by atoms with Crippen molar-refractivity contribution >= 4 is 5.91 Å². The largest absolute Gasteiger partial charge is 0.330 e. The van der Waals surface area contributed by atoms with Gasteiger partial charge in [-0.15, -0.1) is 0 Å². The zero-order valence-electron chi connectivity index (χ0n) is 12.3. The van der Waals surface area contributed by atoms with E-state index >= 15 is 0 Å². The van der Waals surface area contributed by atoms with Crippen LogP contribution >= 0.6 is 0 Å². The van der Waals surface area contributed by atoms with Crippen LogP contribution < -0.4 is 0 Å². The van der Waals surface area contributed by atoms with Crippen LogP contribution in [0.1, 0.15) is 35.8 Å². The van der Waals surface area contributed by atoms with E-state index in [0.29, 0.717) is 18.2 Å². The Morgan fingerprint density at radius 2 is 1.90 bits per heavy atom. The molecule has 0 aliphatic heterocycles. The molecule has 1 amide bonds. The van der Waals surface area contributed by atoms with Gasteiger partial charge in [-0.25, -0.2) is 0 Å². The first-order chi connectivity index (χ1) is 10.3. The normalized spacial score (nSPS) is 15.5. The lowest BCUT2D eigenvalue weighted by Crippen LogP contribution is -2.39. The number of pyridine rings is 1. The number of carbonyl (C=O) groups excluding carboxylic acids is 1. The Morgan fingerprint density at radius 3 is 2.52 bits per heavy atom. The highest BCUT2D eigenvalue weighted by molar-refractivity contribution is 5.92. The zero-order chi connectivity index (χ0) is 14.7. The van der Waals surface area contributed by atoms with Gasteiger partial charge in [-0.05, 0) is 43.4 Å². The first kappa shape index (κ1) is 13.8. The van der Waals surface area contributed by atoms with E-state index in [9.17, 15) is 4.79 Å². The summed E-state index contributed by atoms with van der Waals surface area (Å²) in [6, 6.07) is 15.9. The van der Waals surface area contributed by atoms with E-state index in [1.54, 1.807) is 12.3 Å². The fourth-order valence-corrected chi connectivity index (χ4v) is 2.65. The van der Waals surface area contributed by atoms with E-state index in [1.165, 1.54) is 12.8 Å². The van der Waals surface area contributed by atoms with Crippen LogP contribution in [0, 0.1) is 5.92 Å². The van der Waals surface area contributed by atoms with E-state index in [-0.39, 0.29) is 11.9 Å². The molecular weight excluding hydrogens is 260 g/mol. The summed E-state index contributed by atoms with van der Waals surface area (Å²) in [5.74, 6) is 0.667. The number of nitrogens with zero attached hydrogens (tertiary/aromatic N) is 2. The molecule has 1 heterocycles. The molecule has 1 aliphatic carbocycles. The smallest absolute Gasteiger partial charge is 0.272 e. The lowest BCUT2D eigenvalue weighted by Gasteiger charge is -2.29. The van der Waals surface area contributed by atoms with Crippen LogP contribution in [0.25, 0.3) is 0 Å². The van der Waals surface area contributed by atoms with Crippen molar-refractivity contribution in [2.45, 2.75) is 32.4 Å². The number of rotatable bonds is 5. The molecule has 0 spiro atoms. The highest BCUT2D eigenvalue weighted by Gasteiger charge is 2.34. The van der Waals surface area contributed by atoms with Crippen molar-refractivity contribution in [3.05, 3.63) is 66.0 Å². The third kappa shape index (κ3) is 3.30. The lowest BCUT2D eigenvalue weighted by atomic mass is 10.1. The average Bonchev–Trinajstić information content (AvgIpc) is 3.38. The highest BCUT2D eigenvalue weighted by atomic mass is 16.2. The van der Waals surface area contributed by atoms with Crippen LogP contribution in [-0.4, -0.2) is 21.8 Å². The number of aromatic nitrogens is 1. The maximum atomic E-state index is 12.8. The van der Waals surface area contributed by atoms with E-state index in [2.05, 4.69) is 24.0 Å². The molecule has 0 N–H and O–H groups in total. The van der Waals surface area contributed by atoms with Crippen LogP contribution in [-0.2, 0) is 6.54 Å². The van der Waals surface area contributed by atoms with Gasteiger partial charge in [0.15, 0.2) is 0 Å². The van der Waals surface area contributed by atoms with Crippen molar-refractivity contribution in [2.75, 3.05) is 0 Å². The summed E-state index contributed by atoms with van der Waals surface area (Å²) in [6.45, 7) is 2.80. The molecule has 21 heavy (non-hydrogen) atoms. The summed E-state index contributed by atoms with van der Waals surface area (Å²) >= 11 is 0. The van der Waals surface area contributed by atoms with E-state index in [0.717, 1.165) is 5.56 Å². The summed E-state index contributed by atoms with van der Waals surface area (Å²) in [5, 5.41) is 0. The second-order valence-electron chi connectivity index (χ2n) is 5.71. The molecule has 1 fully saturated rings. The van der Waals surface area contributed by atoms with Gasteiger partial charge < -0.3 is 4.90 Å². The molecule has 1 unspecified atom stereocenters. The van der Waals surface area contributed by atoms with Crippen molar-refractivity contribution in [1.29, 1.82) is 0 Å². The standard InChI is InChI=1S/C18H20N2O/c1-14(16-10-11-16)20(13-15-7-3-2-4-8-15)18(21)17-9-5-6-12-19-17/h2-9,12,14,16H,10-11,13H2,1H3. The molecule has 3 rings (SSSR count). The summed E-state index contributed by atoms with van der Waals surface area (Å²) in [4.78, 5) is 19.0. The summed E-state index contributed by atoms with van der Waals surface area (Å²) in [5.41, 5.74) is 1.69. The van der Waals surface area contributed by atoms with Crippen LogP contribution in [0.2, 0.25) is 0 Å². The topological polar surface area (TPSA) is 33.2 Å². The molecule has 1 aromatic carbocycles. The Labute approximate surface area is 125 Å². The predicted molar refractivity (Wildman–Crippen MR) is 82.7 cm³/mol. The Morgan fingerprint density at radius 1 is 1.19 bits per heavy atom. The Balaban J connectivity index is 1.83. The van der Waals surface area contributed by atoms with Gasteiger partial charge in [0.25, 0.3) is 5.91 Å². The number of carbonyl (C=O) groups is 1. The number of amides is 1. The summed E-state index contributed by atoms with van der Waals surface area (Å²) < 4.78 is 0. The molecule has 0 saturated heterocycles. The van der Waals surface area contributed by atoms with Gasteiger partial charge in [-0.3, -0.25) is 9.78 Å². The van der Waals surface area contributed by atoms with Gasteiger partial charge in [0.05, 0.1) is 0 Å². The van der Waals surface area contributed by atoms with Crippen LogP contribution in [0.3, 0.4) is 0 Å². The maximum absolute atomic E-state index is 12.8. The van der Waals surface area contributed by atoms with E-state index < -0.39 is 0 Å². The molecular formula is C18H20N2O. The predicted octanol–water partition coefficient (Wildman–Crippen LogP) is 3.52. The van der Waals surface area contributed by atoms with Crippen molar-refractivity contribution in [3.8, 4) is 0 Å². The first-order valence-electron chi connectivity index (χ1n) is 7.51. The van der Waals surface area contributed by atoms with Crippen molar-refractivity contribution in [2.24, 2.45) is 5.92 Å². The third-order valence-electron chi connectivity index (χ3n) is 4.14. The Bertz CT molecular complexity index is 593. The van der Waals surface area contributed by atoms with Gasteiger partial charge in [0, 0.05) is 18.8 Å². The first-order valence-corrected chi connectivity index (χ1v) is 7.51. The van der Waals surface area contributed by atoms with Gasteiger partial charge in [0.1, 0.15) is 5.69 Å². The molecule has 1 aliphatic rings. The Hall–Kier alpha value is -2.16. The maximum Gasteiger partial charge on any atom is 0.272 e. The fraction of sp³-hybridized carbons (Fsp3) is 0.333.